The zero-order valence-corrected chi connectivity index (χ0v) is 11.7. The number of halogens is 1. The number of methoxy groups -OCH3 is 1. The van der Waals surface area contributed by atoms with Gasteiger partial charge in [0.15, 0.2) is 0 Å². The summed E-state index contributed by atoms with van der Waals surface area (Å²) >= 11 is 0. The van der Waals surface area contributed by atoms with Crippen molar-refractivity contribution >= 4 is 11.4 Å². The van der Waals surface area contributed by atoms with Crippen molar-refractivity contribution in [2.75, 3.05) is 12.4 Å². The van der Waals surface area contributed by atoms with Crippen molar-refractivity contribution in [3.63, 3.8) is 0 Å². The zero-order chi connectivity index (χ0) is 15.4. The number of ether oxygens (including phenoxy) is 1. The molecule has 0 aliphatic rings. The molecule has 2 rings (SSSR count). The van der Waals surface area contributed by atoms with E-state index >= 15 is 0 Å². The maximum atomic E-state index is 13.3. The van der Waals surface area contributed by atoms with E-state index in [1.165, 1.54) is 0 Å². The predicted octanol–water partition coefficient (Wildman–Crippen LogP) is 3.92. The molecule has 0 aliphatic heterocycles. The third-order valence-corrected chi connectivity index (χ3v) is 3.12. The highest BCUT2D eigenvalue weighted by Crippen LogP contribution is 2.29. The Bertz CT molecular complexity index is 661. The molecule has 0 heterocycles. The molecule has 2 aromatic rings. The third kappa shape index (κ3) is 3.47. The van der Waals surface area contributed by atoms with Gasteiger partial charge in [-0.05, 0) is 30.7 Å². The predicted molar refractivity (Wildman–Crippen MR) is 78.1 cm³/mol. The van der Waals surface area contributed by atoms with Gasteiger partial charge in [-0.3, -0.25) is 10.1 Å². The van der Waals surface area contributed by atoms with Gasteiger partial charge in [0.25, 0.3) is 5.69 Å². The SMILES string of the molecule is COc1cccc(C(C)Nc2cc(F)ccc2[N+](=O)[O-])c1. The fourth-order valence-electron chi connectivity index (χ4n) is 2.01. The fraction of sp³-hybridized carbons (Fsp3) is 0.200. The van der Waals surface area contributed by atoms with Crippen LogP contribution in [0.4, 0.5) is 15.8 Å². The van der Waals surface area contributed by atoms with Crippen LogP contribution >= 0.6 is 0 Å². The van der Waals surface area contributed by atoms with Crippen LogP contribution in [0.25, 0.3) is 0 Å². The molecule has 1 atom stereocenters. The first-order chi connectivity index (χ1) is 10.0. The number of rotatable bonds is 5. The van der Waals surface area contributed by atoms with Crippen molar-refractivity contribution in [3.8, 4) is 5.75 Å². The van der Waals surface area contributed by atoms with E-state index in [0.717, 1.165) is 23.8 Å². The quantitative estimate of drug-likeness (QED) is 0.669. The monoisotopic (exact) mass is 290 g/mol. The Balaban J connectivity index is 2.28. The van der Waals surface area contributed by atoms with Gasteiger partial charge < -0.3 is 10.1 Å². The van der Waals surface area contributed by atoms with Crippen molar-refractivity contribution in [3.05, 3.63) is 64.0 Å². The number of hydrogen-bond donors (Lipinski definition) is 1. The average Bonchev–Trinajstić information content (AvgIpc) is 2.47. The molecule has 0 fully saturated rings. The highest BCUT2D eigenvalue weighted by atomic mass is 19.1. The summed E-state index contributed by atoms with van der Waals surface area (Å²) in [7, 11) is 1.56. The lowest BCUT2D eigenvalue weighted by Crippen LogP contribution is -2.08. The zero-order valence-electron chi connectivity index (χ0n) is 11.7. The Morgan fingerprint density at radius 3 is 2.71 bits per heavy atom. The number of nitrogens with zero attached hydrogens (tertiary/aromatic N) is 1. The van der Waals surface area contributed by atoms with Crippen molar-refractivity contribution in [1.82, 2.24) is 0 Å². The lowest BCUT2D eigenvalue weighted by molar-refractivity contribution is -0.384. The van der Waals surface area contributed by atoms with Crippen molar-refractivity contribution in [2.24, 2.45) is 0 Å². The first-order valence-corrected chi connectivity index (χ1v) is 6.35. The van der Waals surface area contributed by atoms with E-state index in [4.69, 9.17) is 4.74 Å². The minimum atomic E-state index is -0.542. The maximum absolute atomic E-state index is 13.3. The van der Waals surface area contributed by atoms with Gasteiger partial charge in [0, 0.05) is 18.2 Å². The summed E-state index contributed by atoms with van der Waals surface area (Å²) in [4.78, 5) is 10.4. The number of benzene rings is 2. The lowest BCUT2D eigenvalue weighted by Gasteiger charge is -2.16. The molecule has 0 bridgehead atoms. The Morgan fingerprint density at radius 2 is 2.05 bits per heavy atom. The van der Waals surface area contributed by atoms with Gasteiger partial charge in [-0.25, -0.2) is 4.39 Å². The molecule has 0 spiro atoms. The van der Waals surface area contributed by atoms with Gasteiger partial charge in [0.2, 0.25) is 0 Å². The van der Waals surface area contributed by atoms with Crippen LogP contribution in [0.2, 0.25) is 0 Å². The van der Waals surface area contributed by atoms with Gasteiger partial charge in [0.1, 0.15) is 17.3 Å². The fourth-order valence-corrected chi connectivity index (χ4v) is 2.01. The second kappa shape index (κ2) is 6.21. The van der Waals surface area contributed by atoms with E-state index in [-0.39, 0.29) is 17.4 Å². The van der Waals surface area contributed by atoms with E-state index in [0.29, 0.717) is 5.75 Å². The van der Waals surface area contributed by atoms with Gasteiger partial charge in [-0.1, -0.05) is 12.1 Å². The summed E-state index contributed by atoms with van der Waals surface area (Å²) in [5, 5.41) is 13.9. The molecule has 21 heavy (non-hydrogen) atoms. The highest BCUT2D eigenvalue weighted by Gasteiger charge is 2.17. The van der Waals surface area contributed by atoms with Crippen LogP contribution in [0.3, 0.4) is 0 Å². The Morgan fingerprint density at radius 1 is 1.29 bits per heavy atom. The Hall–Kier alpha value is -2.63. The molecule has 6 heteroatoms. The topological polar surface area (TPSA) is 64.4 Å². The second-order valence-corrected chi connectivity index (χ2v) is 4.56. The minimum Gasteiger partial charge on any atom is -0.497 e. The van der Waals surface area contributed by atoms with E-state index in [2.05, 4.69) is 5.32 Å². The number of nitro benzene ring substituents is 1. The third-order valence-electron chi connectivity index (χ3n) is 3.12. The molecule has 0 saturated heterocycles. The Kier molecular flexibility index (Phi) is 4.37. The molecular formula is C15H15FN2O3. The molecule has 0 aromatic heterocycles. The van der Waals surface area contributed by atoms with Crippen molar-refractivity contribution < 1.29 is 14.1 Å². The lowest BCUT2D eigenvalue weighted by atomic mass is 10.1. The highest BCUT2D eigenvalue weighted by molar-refractivity contribution is 5.62. The van der Waals surface area contributed by atoms with Gasteiger partial charge >= 0.3 is 0 Å². The van der Waals surface area contributed by atoms with Crippen LogP contribution in [0.5, 0.6) is 5.75 Å². The van der Waals surface area contributed by atoms with Crippen molar-refractivity contribution in [1.29, 1.82) is 0 Å². The van der Waals surface area contributed by atoms with Crippen LogP contribution in [-0.2, 0) is 0 Å². The molecule has 0 amide bonds. The summed E-state index contributed by atoms with van der Waals surface area (Å²) < 4.78 is 18.4. The summed E-state index contributed by atoms with van der Waals surface area (Å²) in [6.07, 6.45) is 0. The largest absolute Gasteiger partial charge is 0.497 e. The summed E-state index contributed by atoms with van der Waals surface area (Å²) in [5.74, 6) is 0.163. The molecule has 0 radical (unpaired) electrons. The van der Waals surface area contributed by atoms with Crippen LogP contribution in [0, 0.1) is 15.9 Å². The molecule has 0 aliphatic carbocycles. The second-order valence-electron chi connectivity index (χ2n) is 4.56. The summed E-state index contributed by atoms with van der Waals surface area (Å²) in [6, 6.07) is 10.4. The first-order valence-electron chi connectivity index (χ1n) is 6.35. The Labute approximate surface area is 121 Å². The number of hydrogen-bond acceptors (Lipinski definition) is 4. The molecule has 0 saturated carbocycles. The number of nitrogens with one attached hydrogen (secondary N) is 1. The van der Waals surface area contributed by atoms with Crippen LogP contribution < -0.4 is 10.1 Å². The average molecular weight is 290 g/mol. The van der Waals surface area contributed by atoms with Crippen molar-refractivity contribution in [2.45, 2.75) is 13.0 Å². The normalized spacial score (nSPS) is 11.8. The molecule has 110 valence electrons. The first kappa shape index (κ1) is 14.8. The van der Waals surface area contributed by atoms with Crippen LogP contribution in [0.15, 0.2) is 42.5 Å². The van der Waals surface area contributed by atoms with Gasteiger partial charge in [-0.15, -0.1) is 0 Å². The number of anilines is 1. The maximum Gasteiger partial charge on any atom is 0.292 e. The minimum absolute atomic E-state index is 0.148. The van der Waals surface area contributed by atoms with E-state index in [1.807, 2.05) is 25.1 Å². The summed E-state index contributed by atoms with van der Waals surface area (Å²) in [6.45, 7) is 1.84. The standard InChI is InChI=1S/C15H15FN2O3/c1-10(11-4-3-5-13(8-11)21-2)17-14-9-12(16)6-7-15(14)18(19)20/h3-10,17H,1-2H3. The van der Waals surface area contributed by atoms with E-state index in [9.17, 15) is 14.5 Å². The molecule has 2 aromatic carbocycles. The summed E-state index contributed by atoms with van der Waals surface area (Å²) in [5.41, 5.74) is 0.870. The van der Waals surface area contributed by atoms with Gasteiger partial charge in [-0.2, -0.15) is 0 Å². The molecular weight excluding hydrogens is 275 g/mol. The molecule has 5 nitrogen and oxygen atoms in total. The smallest absolute Gasteiger partial charge is 0.292 e. The van der Waals surface area contributed by atoms with Gasteiger partial charge in [0.05, 0.1) is 12.0 Å². The van der Waals surface area contributed by atoms with E-state index < -0.39 is 10.7 Å². The molecule has 1 unspecified atom stereocenters. The molecule has 1 N–H and O–H groups in total. The van der Waals surface area contributed by atoms with Crippen LogP contribution in [0.1, 0.15) is 18.5 Å². The number of nitro groups is 1. The van der Waals surface area contributed by atoms with Crippen LogP contribution in [-0.4, -0.2) is 12.0 Å². The van der Waals surface area contributed by atoms with E-state index in [1.54, 1.807) is 13.2 Å².